The molecule has 0 fully saturated rings. The van der Waals surface area contributed by atoms with Crippen molar-refractivity contribution in [1.29, 1.82) is 0 Å². The molecule has 1 amide bonds. The van der Waals surface area contributed by atoms with E-state index in [9.17, 15) is 4.79 Å². The Hall–Kier alpha value is -0.640. The van der Waals surface area contributed by atoms with Gasteiger partial charge in [-0.15, -0.1) is 0 Å². The Bertz CT molecular complexity index is 424. The van der Waals surface area contributed by atoms with Crippen LogP contribution < -0.4 is 10.6 Å². The van der Waals surface area contributed by atoms with Gasteiger partial charge in [0.2, 0.25) is 9.70 Å². The van der Waals surface area contributed by atoms with Crippen molar-refractivity contribution in [1.82, 2.24) is 5.32 Å². The number of halogens is 3. The Morgan fingerprint density at radius 3 is 2.05 bits per heavy atom. The first kappa shape index (κ1) is 16.4. The van der Waals surface area contributed by atoms with E-state index >= 15 is 0 Å². The third kappa shape index (κ3) is 5.47. The quantitative estimate of drug-likeness (QED) is 0.653. The van der Waals surface area contributed by atoms with E-state index in [1.165, 1.54) is 0 Å². The topological polar surface area (TPSA) is 41.1 Å². The standard InChI is InChI=1S/C13H17Cl3N2O/c1-12(2,3)11(19)18-10(13(14,15)16)17-9-7-5-4-6-8-9/h4-8,10,17H,1-3H3,(H,18,19)/t10-/m1/s1. The third-order valence-corrected chi connectivity index (χ3v) is 3.02. The number of benzene rings is 1. The maximum Gasteiger partial charge on any atom is 0.228 e. The van der Waals surface area contributed by atoms with Gasteiger partial charge in [-0.3, -0.25) is 4.79 Å². The molecule has 0 spiro atoms. The van der Waals surface area contributed by atoms with Gasteiger partial charge in [0.1, 0.15) is 6.17 Å². The van der Waals surface area contributed by atoms with E-state index in [0.717, 1.165) is 5.69 Å². The van der Waals surface area contributed by atoms with Gasteiger partial charge in [0.05, 0.1) is 0 Å². The predicted molar refractivity (Wildman–Crippen MR) is 81.7 cm³/mol. The Labute approximate surface area is 128 Å². The fourth-order valence-corrected chi connectivity index (χ4v) is 1.58. The van der Waals surface area contributed by atoms with E-state index in [0.29, 0.717) is 0 Å². The molecule has 0 aliphatic rings. The summed E-state index contributed by atoms with van der Waals surface area (Å²) in [5.74, 6) is -0.202. The maximum absolute atomic E-state index is 12.0. The number of rotatable bonds is 3. The minimum atomic E-state index is -1.66. The van der Waals surface area contributed by atoms with Gasteiger partial charge in [-0.25, -0.2) is 0 Å². The second-order valence-electron chi connectivity index (χ2n) is 5.21. The van der Waals surface area contributed by atoms with E-state index in [4.69, 9.17) is 34.8 Å². The van der Waals surface area contributed by atoms with Crippen LogP contribution in [0, 0.1) is 5.41 Å². The molecule has 0 bridgehead atoms. The molecule has 0 aromatic heterocycles. The summed E-state index contributed by atoms with van der Waals surface area (Å²) in [6.45, 7) is 5.38. The SMILES string of the molecule is CC(C)(C)C(=O)N[C@@H](Nc1ccccc1)C(Cl)(Cl)Cl. The average molecular weight is 324 g/mol. The van der Waals surface area contributed by atoms with Crippen LogP contribution in [0.15, 0.2) is 30.3 Å². The van der Waals surface area contributed by atoms with Crippen molar-refractivity contribution < 1.29 is 4.79 Å². The van der Waals surface area contributed by atoms with Crippen LogP contribution in [0.3, 0.4) is 0 Å². The first-order valence-corrected chi connectivity index (χ1v) is 6.93. The molecule has 19 heavy (non-hydrogen) atoms. The minimum Gasteiger partial charge on any atom is -0.362 e. The fraction of sp³-hybridized carbons (Fsp3) is 0.462. The molecule has 0 radical (unpaired) electrons. The smallest absolute Gasteiger partial charge is 0.228 e. The van der Waals surface area contributed by atoms with E-state index in [1.807, 2.05) is 30.3 Å². The van der Waals surface area contributed by atoms with Gasteiger partial charge in [-0.05, 0) is 12.1 Å². The molecule has 0 saturated carbocycles. The molecule has 106 valence electrons. The van der Waals surface area contributed by atoms with Crippen molar-refractivity contribution in [2.24, 2.45) is 5.41 Å². The highest BCUT2D eigenvalue weighted by Gasteiger charge is 2.36. The van der Waals surface area contributed by atoms with Crippen LogP contribution in [0.1, 0.15) is 20.8 Å². The second-order valence-corrected chi connectivity index (χ2v) is 7.58. The minimum absolute atomic E-state index is 0.202. The van der Waals surface area contributed by atoms with Crippen LogP contribution in [0.25, 0.3) is 0 Å². The highest BCUT2D eigenvalue weighted by atomic mass is 35.6. The lowest BCUT2D eigenvalue weighted by molar-refractivity contribution is -0.129. The molecule has 0 aliphatic carbocycles. The summed E-state index contributed by atoms with van der Waals surface area (Å²) in [5, 5.41) is 5.69. The van der Waals surface area contributed by atoms with E-state index in [2.05, 4.69) is 10.6 Å². The summed E-state index contributed by atoms with van der Waals surface area (Å²) in [6.07, 6.45) is -0.813. The number of nitrogens with one attached hydrogen (secondary N) is 2. The number of hydrogen-bond donors (Lipinski definition) is 2. The van der Waals surface area contributed by atoms with Gasteiger partial charge in [0.25, 0.3) is 0 Å². The molecule has 1 aromatic rings. The Morgan fingerprint density at radius 2 is 1.63 bits per heavy atom. The summed E-state index contributed by atoms with van der Waals surface area (Å²) in [6, 6.07) is 9.23. The van der Waals surface area contributed by atoms with Gasteiger partial charge in [0, 0.05) is 11.1 Å². The monoisotopic (exact) mass is 322 g/mol. The molecule has 0 unspecified atom stereocenters. The van der Waals surface area contributed by atoms with Gasteiger partial charge >= 0.3 is 0 Å². The van der Waals surface area contributed by atoms with Crippen molar-refractivity contribution >= 4 is 46.4 Å². The second kappa shape index (κ2) is 6.21. The first-order chi connectivity index (χ1) is 8.60. The van der Waals surface area contributed by atoms with Crippen molar-refractivity contribution in [3.8, 4) is 0 Å². The highest BCUT2D eigenvalue weighted by Crippen LogP contribution is 2.31. The van der Waals surface area contributed by atoms with Crippen LogP contribution in [-0.4, -0.2) is 15.9 Å². The first-order valence-electron chi connectivity index (χ1n) is 5.80. The lowest BCUT2D eigenvalue weighted by Gasteiger charge is -2.30. The van der Waals surface area contributed by atoms with Gasteiger partial charge in [-0.2, -0.15) is 0 Å². The van der Waals surface area contributed by atoms with E-state index in [-0.39, 0.29) is 5.91 Å². The number of anilines is 1. The van der Waals surface area contributed by atoms with E-state index < -0.39 is 15.4 Å². The predicted octanol–water partition coefficient (Wildman–Crippen LogP) is 3.96. The Balaban J connectivity index is 2.83. The third-order valence-electron chi connectivity index (χ3n) is 2.37. The number of carbonyl (C=O) groups excluding carboxylic acids is 1. The number of hydrogen-bond acceptors (Lipinski definition) is 2. The van der Waals surface area contributed by atoms with Crippen molar-refractivity contribution in [2.75, 3.05) is 5.32 Å². The van der Waals surface area contributed by atoms with Gasteiger partial charge in [0.15, 0.2) is 0 Å². The van der Waals surface area contributed by atoms with Crippen LogP contribution >= 0.6 is 34.8 Å². The van der Waals surface area contributed by atoms with Gasteiger partial charge in [-0.1, -0.05) is 73.8 Å². The maximum atomic E-state index is 12.0. The number of para-hydroxylation sites is 1. The highest BCUT2D eigenvalue weighted by molar-refractivity contribution is 6.68. The normalized spacial score (nSPS) is 13.8. The summed E-state index contributed by atoms with van der Waals surface area (Å²) in [4.78, 5) is 12.0. The lowest BCUT2D eigenvalue weighted by Crippen LogP contribution is -2.52. The summed E-state index contributed by atoms with van der Waals surface area (Å²) >= 11 is 17.7. The molecule has 1 rings (SSSR count). The largest absolute Gasteiger partial charge is 0.362 e. The van der Waals surface area contributed by atoms with E-state index in [1.54, 1.807) is 20.8 Å². The summed E-state index contributed by atoms with van der Waals surface area (Å²) in [7, 11) is 0. The zero-order chi connectivity index (χ0) is 14.7. The lowest BCUT2D eigenvalue weighted by atomic mass is 9.95. The molecular formula is C13H17Cl3N2O. The van der Waals surface area contributed by atoms with Crippen molar-refractivity contribution in [2.45, 2.75) is 30.7 Å². The van der Waals surface area contributed by atoms with Crippen LogP contribution in [-0.2, 0) is 4.79 Å². The molecule has 1 aromatic carbocycles. The summed E-state index contributed by atoms with van der Waals surface area (Å²) in [5.41, 5.74) is 0.194. The Kier molecular flexibility index (Phi) is 5.36. The van der Waals surface area contributed by atoms with Gasteiger partial charge < -0.3 is 10.6 Å². The molecule has 3 nitrogen and oxygen atoms in total. The number of alkyl halides is 3. The molecule has 2 N–H and O–H groups in total. The number of carbonyl (C=O) groups is 1. The molecule has 6 heteroatoms. The molecule has 0 aliphatic heterocycles. The Morgan fingerprint density at radius 1 is 1.11 bits per heavy atom. The molecule has 1 atom stereocenters. The van der Waals surface area contributed by atoms with Crippen molar-refractivity contribution in [3.05, 3.63) is 30.3 Å². The molecule has 0 saturated heterocycles. The van der Waals surface area contributed by atoms with Crippen LogP contribution in [0.5, 0.6) is 0 Å². The molecule has 0 heterocycles. The zero-order valence-corrected chi connectivity index (χ0v) is 13.3. The number of amides is 1. The van der Waals surface area contributed by atoms with Crippen molar-refractivity contribution in [3.63, 3.8) is 0 Å². The average Bonchev–Trinajstić information content (AvgIpc) is 2.27. The zero-order valence-electron chi connectivity index (χ0n) is 11.0. The van der Waals surface area contributed by atoms with Crippen LogP contribution in [0.4, 0.5) is 5.69 Å². The van der Waals surface area contributed by atoms with Crippen LogP contribution in [0.2, 0.25) is 0 Å². The summed E-state index contributed by atoms with van der Waals surface area (Å²) < 4.78 is -1.66. The fourth-order valence-electron chi connectivity index (χ4n) is 1.25. The molecular weight excluding hydrogens is 307 g/mol.